The molecule has 0 saturated carbocycles. The van der Waals surface area contributed by atoms with E-state index in [-0.39, 0.29) is 17.6 Å². The molecule has 2 aromatic rings. The molecule has 0 fully saturated rings. The van der Waals surface area contributed by atoms with Crippen LogP contribution in [0.3, 0.4) is 0 Å². The van der Waals surface area contributed by atoms with Crippen LogP contribution in [0.2, 0.25) is 0 Å². The highest BCUT2D eigenvalue weighted by Gasteiger charge is 2.19. The maximum absolute atomic E-state index is 13.9. The first-order valence-electron chi connectivity index (χ1n) is 6.77. The molecule has 1 unspecified atom stereocenters. The highest BCUT2D eigenvalue weighted by atomic mass is 19.1. The lowest BCUT2D eigenvalue weighted by Gasteiger charge is -2.21. The summed E-state index contributed by atoms with van der Waals surface area (Å²) < 4.78 is 24.2. The second-order valence-electron chi connectivity index (χ2n) is 4.49. The van der Waals surface area contributed by atoms with Crippen LogP contribution in [0, 0.1) is 5.82 Å². The van der Waals surface area contributed by atoms with Gasteiger partial charge in [0, 0.05) is 11.8 Å². The van der Waals surface area contributed by atoms with Crippen LogP contribution in [0.5, 0.6) is 11.6 Å². The molecule has 0 aliphatic heterocycles. The SMILES string of the molecule is CCNC(c1ccc(OC)c(F)c1)c1cccnc1OC. The molecule has 2 rings (SSSR count). The quantitative estimate of drug-likeness (QED) is 0.888. The summed E-state index contributed by atoms with van der Waals surface area (Å²) in [6.45, 7) is 2.73. The van der Waals surface area contributed by atoms with Crippen molar-refractivity contribution in [1.29, 1.82) is 0 Å². The summed E-state index contributed by atoms with van der Waals surface area (Å²) in [6, 6.07) is 8.49. The number of hydrogen-bond donors (Lipinski definition) is 1. The normalized spacial score (nSPS) is 12.0. The predicted molar refractivity (Wildman–Crippen MR) is 79.3 cm³/mol. The van der Waals surface area contributed by atoms with Gasteiger partial charge in [-0.1, -0.05) is 19.1 Å². The van der Waals surface area contributed by atoms with Crippen molar-refractivity contribution < 1.29 is 13.9 Å². The van der Waals surface area contributed by atoms with Gasteiger partial charge in [0.2, 0.25) is 5.88 Å². The molecule has 0 bridgehead atoms. The Morgan fingerprint density at radius 3 is 2.67 bits per heavy atom. The Labute approximate surface area is 123 Å². The lowest BCUT2D eigenvalue weighted by Crippen LogP contribution is -2.23. The number of pyridine rings is 1. The maximum atomic E-state index is 13.9. The Balaban J connectivity index is 2.45. The molecule has 0 saturated heterocycles. The molecule has 1 atom stereocenters. The third-order valence-corrected chi connectivity index (χ3v) is 3.22. The van der Waals surface area contributed by atoms with E-state index in [1.807, 2.05) is 25.1 Å². The molecule has 21 heavy (non-hydrogen) atoms. The van der Waals surface area contributed by atoms with Crippen LogP contribution in [0.15, 0.2) is 36.5 Å². The van der Waals surface area contributed by atoms with Crippen molar-refractivity contribution in [2.45, 2.75) is 13.0 Å². The van der Waals surface area contributed by atoms with Gasteiger partial charge in [0.05, 0.1) is 20.3 Å². The number of benzene rings is 1. The van der Waals surface area contributed by atoms with Gasteiger partial charge in [-0.2, -0.15) is 0 Å². The molecule has 0 aliphatic rings. The molecule has 1 aromatic carbocycles. The molecule has 112 valence electrons. The maximum Gasteiger partial charge on any atom is 0.218 e. The summed E-state index contributed by atoms with van der Waals surface area (Å²) >= 11 is 0. The van der Waals surface area contributed by atoms with Gasteiger partial charge in [0.25, 0.3) is 0 Å². The standard InChI is InChI=1S/C16H19FN2O2/c1-4-18-15(12-6-5-9-19-16(12)21-3)11-7-8-14(20-2)13(17)10-11/h5-10,15,18H,4H2,1-3H3. The van der Waals surface area contributed by atoms with Gasteiger partial charge in [-0.3, -0.25) is 0 Å². The van der Waals surface area contributed by atoms with Gasteiger partial charge in [-0.05, 0) is 30.3 Å². The van der Waals surface area contributed by atoms with Gasteiger partial charge in [-0.25, -0.2) is 9.37 Å². The Bertz CT molecular complexity index is 605. The first-order valence-corrected chi connectivity index (χ1v) is 6.77. The number of ether oxygens (including phenoxy) is 2. The zero-order chi connectivity index (χ0) is 15.2. The zero-order valence-corrected chi connectivity index (χ0v) is 12.4. The second-order valence-corrected chi connectivity index (χ2v) is 4.49. The van der Waals surface area contributed by atoms with Gasteiger partial charge in [0.15, 0.2) is 11.6 Å². The molecule has 5 heteroatoms. The summed E-state index contributed by atoms with van der Waals surface area (Å²) in [5.74, 6) is 0.368. The molecule has 1 heterocycles. The minimum absolute atomic E-state index is 0.195. The average Bonchev–Trinajstić information content (AvgIpc) is 2.52. The van der Waals surface area contributed by atoms with Crippen LogP contribution in [0.25, 0.3) is 0 Å². The van der Waals surface area contributed by atoms with Crippen molar-refractivity contribution in [2.75, 3.05) is 20.8 Å². The van der Waals surface area contributed by atoms with Crippen molar-refractivity contribution in [1.82, 2.24) is 10.3 Å². The first kappa shape index (κ1) is 15.3. The molecule has 0 aliphatic carbocycles. The lowest BCUT2D eigenvalue weighted by molar-refractivity contribution is 0.383. The number of hydrogen-bond acceptors (Lipinski definition) is 4. The van der Waals surface area contributed by atoms with Crippen molar-refractivity contribution >= 4 is 0 Å². The largest absolute Gasteiger partial charge is 0.494 e. The van der Waals surface area contributed by atoms with E-state index in [1.165, 1.54) is 13.2 Å². The van der Waals surface area contributed by atoms with Gasteiger partial charge in [-0.15, -0.1) is 0 Å². The summed E-state index contributed by atoms with van der Waals surface area (Å²) in [5, 5.41) is 3.33. The van der Waals surface area contributed by atoms with Crippen molar-refractivity contribution in [3.63, 3.8) is 0 Å². The van der Waals surface area contributed by atoms with E-state index in [1.54, 1.807) is 19.4 Å². The summed E-state index contributed by atoms with van der Waals surface area (Å²) in [5.41, 5.74) is 1.66. The third kappa shape index (κ3) is 3.31. The summed E-state index contributed by atoms with van der Waals surface area (Å²) in [4.78, 5) is 4.20. The minimum atomic E-state index is -0.388. The number of methoxy groups -OCH3 is 2. The number of halogens is 1. The van der Waals surface area contributed by atoms with Crippen LogP contribution in [0.4, 0.5) is 4.39 Å². The average molecular weight is 290 g/mol. The molecule has 4 nitrogen and oxygen atoms in total. The van der Waals surface area contributed by atoms with Crippen molar-refractivity contribution in [2.24, 2.45) is 0 Å². The molecular weight excluding hydrogens is 271 g/mol. The fraction of sp³-hybridized carbons (Fsp3) is 0.312. The number of aromatic nitrogens is 1. The summed E-state index contributed by atoms with van der Waals surface area (Å²) in [6.07, 6.45) is 1.67. The summed E-state index contributed by atoms with van der Waals surface area (Å²) in [7, 11) is 3.02. The van der Waals surface area contributed by atoms with Crippen LogP contribution < -0.4 is 14.8 Å². The van der Waals surface area contributed by atoms with Gasteiger partial charge < -0.3 is 14.8 Å². The van der Waals surface area contributed by atoms with Crippen molar-refractivity contribution in [3.05, 3.63) is 53.5 Å². The Morgan fingerprint density at radius 2 is 2.05 bits per heavy atom. The number of rotatable bonds is 6. The molecule has 0 radical (unpaired) electrons. The van der Waals surface area contributed by atoms with E-state index >= 15 is 0 Å². The van der Waals surface area contributed by atoms with Crippen LogP contribution in [-0.4, -0.2) is 25.7 Å². The highest BCUT2D eigenvalue weighted by molar-refractivity contribution is 5.40. The Hall–Kier alpha value is -2.14. The van der Waals surface area contributed by atoms with E-state index in [4.69, 9.17) is 9.47 Å². The third-order valence-electron chi connectivity index (χ3n) is 3.22. The first-order chi connectivity index (χ1) is 10.2. The van der Waals surface area contributed by atoms with Gasteiger partial charge in [0.1, 0.15) is 0 Å². The molecule has 1 aromatic heterocycles. The molecule has 1 N–H and O–H groups in total. The molecule has 0 amide bonds. The fourth-order valence-corrected chi connectivity index (χ4v) is 2.27. The lowest BCUT2D eigenvalue weighted by atomic mass is 9.99. The Kier molecular flexibility index (Phi) is 5.11. The van der Waals surface area contributed by atoms with Crippen LogP contribution in [0.1, 0.15) is 24.1 Å². The molecular formula is C16H19FN2O2. The van der Waals surface area contributed by atoms with E-state index < -0.39 is 0 Å². The Morgan fingerprint density at radius 1 is 1.24 bits per heavy atom. The fourth-order valence-electron chi connectivity index (χ4n) is 2.27. The smallest absolute Gasteiger partial charge is 0.218 e. The van der Waals surface area contributed by atoms with E-state index in [0.717, 1.165) is 17.7 Å². The predicted octanol–water partition coefficient (Wildman–Crippen LogP) is 2.94. The highest BCUT2D eigenvalue weighted by Crippen LogP contribution is 2.30. The molecule has 0 spiro atoms. The second kappa shape index (κ2) is 7.04. The van der Waals surface area contributed by atoms with Crippen LogP contribution >= 0.6 is 0 Å². The van der Waals surface area contributed by atoms with E-state index in [0.29, 0.717) is 5.88 Å². The van der Waals surface area contributed by atoms with Crippen molar-refractivity contribution in [3.8, 4) is 11.6 Å². The van der Waals surface area contributed by atoms with Gasteiger partial charge >= 0.3 is 0 Å². The topological polar surface area (TPSA) is 43.4 Å². The van der Waals surface area contributed by atoms with Crippen LogP contribution in [-0.2, 0) is 0 Å². The number of nitrogens with zero attached hydrogens (tertiary/aromatic N) is 1. The number of nitrogens with one attached hydrogen (secondary N) is 1. The van der Waals surface area contributed by atoms with E-state index in [2.05, 4.69) is 10.3 Å². The zero-order valence-electron chi connectivity index (χ0n) is 12.4. The van der Waals surface area contributed by atoms with E-state index in [9.17, 15) is 4.39 Å². The minimum Gasteiger partial charge on any atom is -0.494 e. The monoisotopic (exact) mass is 290 g/mol.